The summed E-state index contributed by atoms with van der Waals surface area (Å²) in [6.07, 6.45) is 5.89. The number of benzene rings is 1. The maximum atomic E-state index is 12.3. The van der Waals surface area contributed by atoms with E-state index >= 15 is 0 Å². The summed E-state index contributed by atoms with van der Waals surface area (Å²) < 4.78 is 5.72. The van der Waals surface area contributed by atoms with Crippen molar-refractivity contribution < 1.29 is 9.21 Å². The SMILES string of the molecule is CC(C)c1nc2ccc(C(=O)NC3CCCCC3)cc2o1. The molecule has 1 heterocycles. The van der Waals surface area contributed by atoms with Crippen molar-refractivity contribution in [3.63, 3.8) is 0 Å². The summed E-state index contributed by atoms with van der Waals surface area (Å²) in [5, 5.41) is 3.13. The van der Waals surface area contributed by atoms with E-state index in [2.05, 4.69) is 10.3 Å². The van der Waals surface area contributed by atoms with Gasteiger partial charge in [0.15, 0.2) is 11.5 Å². The molecule has 112 valence electrons. The molecule has 1 fully saturated rings. The molecule has 0 atom stereocenters. The quantitative estimate of drug-likeness (QED) is 0.927. The standard InChI is InChI=1S/C17H22N2O2/c1-11(2)17-19-14-9-8-12(10-15(14)21-17)16(20)18-13-6-4-3-5-7-13/h8-11,13H,3-7H2,1-2H3,(H,18,20). The largest absolute Gasteiger partial charge is 0.440 e. The van der Waals surface area contributed by atoms with E-state index < -0.39 is 0 Å². The molecule has 1 aliphatic rings. The van der Waals surface area contributed by atoms with E-state index in [0.717, 1.165) is 24.2 Å². The van der Waals surface area contributed by atoms with Crippen LogP contribution >= 0.6 is 0 Å². The second-order valence-electron chi connectivity index (χ2n) is 6.20. The molecule has 1 N–H and O–H groups in total. The fourth-order valence-electron chi connectivity index (χ4n) is 2.85. The van der Waals surface area contributed by atoms with Crippen molar-refractivity contribution in [3.05, 3.63) is 29.7 Å². The molecule has 0 spiro atoms. The molecule has 1 amide bonds. The molecule has 0 saturated heterocycles. The van der Waals surface area contributed by atoms with E-state index in [0.29, 0.717) is 17.2 Å². The van der Waals surface area contributed by atoms with E-state index in [4.69, 9.17) is 4.42 Å². The summed E-state index contributed by atoms with van der Waals surface area (Å²) in [6, 6.07) is 5.81. The zero-order chi connectivity index (χ0) is 14.8. The minimum absolute atomic E-state index is 0.00806. The van der Waals surface area contributed by atoms with Gasteiger partial charge in [-0.1, -0.05) is 33.1 Å². The van der Waals surface area contributed by atoms with Crippen LogP contribution < -0.4 is 5.32 Å². The normalized spacial score (nSPS) is 16.5. The van der Waals surface area contributed by atoms with Gasteiger partial charge in [0.2, 0.25) is 0 Å². The van der Waals surface area contributed by atoms with E-state index in [1.54, 1.807) is 6.07 Å². The van der Waals surface area contributed by atoms with Gasteiger partial charge in [-0.15, -0.1) is 0 Å². The molecular formula is C17H22N2O2. The van der Waals surface area contributed by atoms with Crippen molar-refractivity contribution in [1.29, 1.82) is 0 Å². The van der Waals surface area contributed by atoms with E-state index in [-0.39, 0.29) is 11.8 Å². The Morgan fingerprint density at radius 1 is 1.29 bits per heavy atom. The maximum absolute atomic E-state index is 12.3. The molecule has 21 heavy (non-hydrogen) atoms. The lowest BCUT2D eigenvalue weighted by molar-refractivity contribution is 0.0927. The van der Waals surface area contributed by atoms with Crippen LogP contribution in [0.4, 0.5) is 0 Å². The molecule has 4 nitrogen and oxygen atoms in total. The van der Waals surface area contributed by atoms with Gasteiger partial charge in [-0.2, -0.15) is 0 Å². The van der Waals surface area contributed by atoms with Gasteiger partial charge >= 0.3 is 0 Å². The highest BCUT2D eigenvalue weighted by molar-refractivity contribution is 5.97. The number of amides is 1. The number of nitrogens with zero attached hydrogens (tertiary/aromatic N) is 1. The highest BCUT2D eigenvalue weighted by atomic mass is 16.3. The number of carbonyl (C=O) groups is 1. The average molecular weight is 286 g/mol. The molecule has 0 radical (unpaired) electrons. The average Bonchev–Trinajstić information content (AvgIpc) is 2.91. The van der Waals surface area contributed by atoms with Gasteiger partial charge in [-0.3, -0.25) is 4.79 Å². The molecule has 3 rings (SSSR count). The molecule has 1 aromatic heterocycles. The lowest BCUT2D eigenvalue weighted by atomic mass is 9.95. The first kappa shape index (κ1) is 14.1. The second-order valence-corrected chi connectivity index (χ2v) is 6.20. The number of nitrogens with one attached hydrogen (secondary N) is 1. The number of rotatable bonds is 3. The Morgan fingerprint density at radius 2 is 2.05 bits per heavy atom. The Morgan fingerprint density at radius 3 is 2.76 bits per heavy atom. The number of hydrogen-bond donors (Lipinski definition) is 1. The third-order valence-electron chi connectivity index (χ3n) is 4.10. The highest BCUT2D eigenvalue weighted by Crippen LogP contribution is 2.23. The lowest BCUT2D eigenvalue weighted by Crippen LogP contribution is -2.36. The van der Waals surface area contributed by atoms with Crippen LogP contribution in [0, 0.1) is 0 Å². The molecular weight excluding hydrogens is 264 g/mol. The molecule has 1 saturated carbocycles. The number of carbonyl (C=O) groups excluding carboxylic acids is 1. The number of oxazole rings is 1. The van der Waals surface area contributed by atoms with Gasteiger partial charge in [0.05, 0.1) is 0 Å². The minimum Gasteiger partial charge on any atom is -0.440 e. The molecule has 1 aliphatic carbocycles. The Labute approximate surface area is 124 Å². The van der Waals surface area contributed by atoms with Crippen LogP contribution in [0.1, 0.15) is 68.1 Å². The Hall–Kier alpha value is -1.84. The third-order valence-corrected chi connectivity index (χ3v) is 4.10. The zero-order valence-electron chi connectivity index (χ0n) is 12.7. The summed E-state index contributed by atoms with van der Waals surface area (Å²) in [5.41, 5.74) is 2.16. The Balaban J connectivity index is 1.77. The first-order valence-electron chi connectivity index (χ1n) is 7.85. The summed E-state index contributed by atoms with van der Waals surface area (Å²) >= 11 is 0. The highest BCUT2D eigenvalue weighted by Gasteiger charge is 2.17. The zero-order valence-corrected chi connectivity index (χ0v) is 12.7. The Kier molecular flexibility index (Phi) is 3.95. The van der Waals surface area contributed by atoms with Crippen LogP contribution in [0.3, 0.4) is 0 Å². The predicted octanol–water partition coefficient (Wildman–Crippen LogP) is 4.01. The smallest absolute Gasteiger partial charge is 0.251 e. The molecule has 2 aromatic rings. The second kappa shape index (κ2) is 5.88. The molecule has 0 unspecified atom stereocenters. The van der Waals surface area contributed by atoms with Gasteiger partial charge in [-0.05, 0) is 31.0 Å². The van der Waals surface area contributed by atoms with Crippen LogP contribution in [-0.2, 0) is 0 Å². The fraction of sp³-hybridized carbons (Fsp3) is 0.529. The molecule has 1 aromatic carbocycles. The minimum atomic E-state index is -0.00806. The maximum Gasteiger partial charge on any atom is 0.251 e. The van der Waals surface area contributed by atoms with Crippen molar-refractivity contribution in [3.8, 4) is 0 Å². The van der Waals surface area contributed by atoms with Gasteiger partial charge in [0.25, 0.3) is 5.91 Å². The number of aromatic nitrogens is 1. The predicted molar refractivity (Wildman–Crippen MR) is 82.4 cm³/mol. The summed E-state index contributed by atoms with van der Waals surface area (Å²) in [7, 11) is 0. The summed E-state index contributed by atoms with van der Waals surface area (Å²) in [6.45, 7) is 4.09. The van der Waals surface area contributed by atoms with Crippen LogP contribution in [0.25, 0.3) is 11.1 Å². The fourth-order valence-corrected chi connectivity index (χ4v) is 2.85. The summed E-state index contributed by atoms with van der Waals surface area (Å²) in [4.78, 5) is 16.8. The lowest BCUT2D eigenvalue weighted by Gasteiger charge is -2.22. The third kappa shape index (κ3) is 3.09. The molecule has 0 bridgehead atoms. The van der Waals surface area contributed by atoms with Gasteiger partial charge in [0.1, 0.15) is 5.52 Å². The van der Waals surface area contributed by atoms with Crippen LogP contribution in [-0.4, -0.2) is 16.9 Å². The number of hydrogen-bond acceptors (Lipinski definition) is 3. The van der Waals surface area contributed by atoms with Gasteiger partial charge in [0, 0.05) is 17.5 Å². The van der Waals surface area contributed by atoms with Crippen molar-refractivity contribution in [1.82, 2.24) is 10.3 Å². The van der Waals surface area contributed by atoms with Gasteiger partial charge < -0.3 is 9.73 Å². The molecule has 4 heteroatoms. The monoisotopic (exact) mass is 286 g/mol. The van der Waals surface area contributed by atoms with Crippen molar-refractivity contribution in [2.75, 3.05) is 0 Å². The Bertz CT molecular complexity index is 639. The summed E-state index contributed by atoms with van der Waals surface area (Å²) in [5.74, 6) is 0.957. The number of fused-ring (bicyclic) bond motifs is 1. The first-order chi connectivity index (χ1) is 10.1. The van der Waals surface area contributed by atoms with E-state index in [1.165, 1.54) is 19.3 Å². The van der Waals surface area contributed by atoms with Crippen LogP contribution in [0.2, 0.25) is 0 Å². The van der Waals surface area contributed by atoms with Crippen molar-refractivity contribution in [2.45, 2.75) is 57.9 Å². The van der Waals surface area contributed by atoms with Crippen LogP contribution in [0.15, 0.2) is 22.6 Å². The van der Waals surface area contributed by atoms with Crippen molar-refractivity contribution >= 4 is 17.0 Å². The van der Waals surface area contributed by atoms with Crippen molar-refractivity contribution in [2.24, 2.45) is 0 Å². The van der Waals surface area contributed by atoms with Crippen LogP contribution in [0.5, 0.6) is 0 Å². The molecule has 0 aliphatic heterocycles. The van der Waals surface area contributed by atoms with E-state index in [9.17, 15) is 4.79 Å². The topological polar surface area (TPSA) is 55.1 Å². The first-order valence-corrected chi connectivity index (χ1v) is 7.85. The van der Waals surface area contributed by atoms with E-state index in [1.807, 2.05) is 26.0 Å². The van der Waals surface area contributed by atoms with Gasteiger partial charge in [-0.25, -0.2) is 4.98 Å².